The summed E-state index contributed by atoms with van der Waals surface area (Å²) in [4.78, 5) is 5.09. The molecule has 1 unspecified atom stereocenters. The van der Waals surface area contributed by atoms with Gasteiger partial charge in [-0.05, 0) is 45.2 Å². The Labute approximate surface area is 177 Å². The molecule has 0 rings (SSSR count). The first kappa shape index (κ1) is 27.8. The molecule has 4 heteroatoms. The fraction of sp³-hybridized carbons (Fsp3) is 1.00. The summed E-state index contributed by atoms with van der Waals surface area (Å²) in [5.41, 5.74) is 0. The highest BCUT2D eigenvalue weighted by atomic mass is 16.7. The number of rotatable bonds is 20. The van der Waals surface area contributed by atoms with E-state index in [2.05, 4.69) is 44.4 Å². The maximum absolute atomic E-state index is 6.25. The van der Waals surface area contributed by atoms with Crippen molar-refractivity contribution in [3.63, 3.8) is 0 Å². The number of unbranched alkanes of at least 4 members (excludes halogenated alkanes) is 5. The average Bonchev–Trinajstić information content (AvgIpc) is 2.70. The minimum atomic E-state index is -0.653. The van der Waals surface area contributed by atoms with E-state index >= 15 is 0 Å². The van der Waals surface area contributed by atoms with Crippen LogP contribution < -0.4 is 0 Å². The predicted molar refractivity (Wildman–Crippen MR) is 123 cm³/mol. The fourth-order valence-electron chi connectivity index (χ4n) is 4.50. The van der Waals surface area contributed by atoms with Gasteiger partial charge in [0.1, 0.15) is 0 Å². The van der Waals surface area contributed by atoms with Crippen LogP contribution in [0, 0.1) is 0 Å². The van der Waals surface area contributed by atoms with Gasteiger partial charge in [-0.25, -0.2) is 0 Å². The smallest absolute Gasteiger partial charge is 0.245 e. The summed E-state index contributed by atoms with van der Waals surface area (Å²) in [7, 11) is 3.68. The number of ether oxygens (including phenoxy) is 2. The summed E-state index contributed by atoms with van der Waals surface area (Å²) in [6, 6.07) is 0.270. The van der Waals surface area contributed by atoms with Crippen LogP contribution in [-0.4, -0.2) is 62.2 Å². The van der Waals surface area contributed by atoms with Crippen LogP contribution in [0.3, 0.4) is 0 Å². The largest absolute Gasteiger partial charge is 0.339 e. The van der Waals surface area contributed by atoms with E-state index in [1.807, 2.05) is 14.2 Å². The van der Waals surface area contributed by atoms with Crippen LogP contribution in [0.5, 0.6) is 0 Å². The second kappa shape index (κ2) is 17.7. The number of nitrogens with zero attached hydrogens (tertiary/aromatic N) is 2. The zero-order chi connectivity index (χ0) is 21.3. The molecular formula is C24H52N2O2. The van der Waals surface area contributed by atoms with Gasteiger partial charge in [-0.1, -0.05) is 73.1 Å². The minimum absolute atomic E-state index is 0.270. The van der Waals surface area contributed by atoms with E-state index < -0.39 is 5.91 Å². The number of hydrogen-bond acceptors (Lipinski definition) is 4. The summed E-state index contributed by atoms with van der Waals surface area (Å²) < 4.78 is 12.5. The van der Waals surface area contributed by atoms with Gasteiger partial charge in [0.15, 0.2) is 0 Å². The minimum Gasteiger partial charge on any atom is -0.339 e. The van der Waals surface area contributed by atoms with E-state index in [-0.39, 0.29) is 6.04 Å². The quantitative estimate of drug-likeness (QED) is 0.177. The third-order valence-electron chi connectivity index (χ3n) is 5.73. The normalized spacial score (nSPS) is 13.6. The Morgan fingerprint density at radius 2 is 1.07 bits per heavy atom. The first-order valence-corrected chi connectivity index (χ1v) is 12.2. The molecule has 0 bridgehead atoms. The molecule has 0 aromatic carbocycles. The zero-order valence-electron chi connectivity index (χ0n) is 20.4. The molecule has 4 nitrogen and oxygen atoms in total. The highest BCUT2D eigenvalue weighted by Gasteiger charge is 2.46. The zero-order valence-corrected chi connectivity index (χ0v) is 20.4. The topological polar surface area (TPSA) is 24.9 Å². The van der Waals surface area contributed by atoms with Crippen molar-refractivity contribution >= 4 is 0 Å². The SMILES string of the molecule is CCCCCCCCC(N(CCC)CCC)C(OC)(OC)N(CCC)CCC. The van der Waals surface area contributed by atoms with Gasteiger partial charge in [-0.2, -0.15) is 0 Å². The first-order chi connectivity index (χ1) is 13.6. The summed E-state index contributed by atoms with van der Waals surface area (Å²) in [6.45, 7) is 15.6. The summed E-state index contributed by atoms with van der Waals surface area (Å²) in [5.74, 6) is -0.653. The van der Waals surface area contributed by atoms with Crippen LogP contribution in [0.1, 0.15) is 105 Å². The molecule has 0 aliphatic heterocycles. The Morgan fingerprint density at radius 3 is 1.50 bits per heavy atom. The van der Waals surface area contributed by atoms with Gasteiger partial charge in [0.25, 0.3) is 0 Å². The molecule has 0 amide bonds. The molecule has 28 heavy (non-hydrogen) atoms. The second-order valence-electron chi connectivity index (χ2n) is 8.13. The first-order valence-electron chi connectivity index (χ1n) is 12.2. The molecule has 0 N–H and O–H groups in total. The highest BCUT2D eigenvalue weighted by molar-refractivity contribution is 4.88. The van der Waals surface area contributed by atoms with Crippen LogP contribution in [0.4, 0.5) is 0 Å². The Bertz CT molecular complexity index is 323. The third kappa shape index (κ3) is 9.11. The van der Waals surface area contributed by atoms with Gasteiger partial charge in [0, 0.05) is 27.3 Å². The fourth-order valence-corrected chi connectivity index (χ4v) is 4.50. The van der Waals surface area contributed by atoms with Gasteiger partial charge in [0.2, 0.25) is 5.91 Å². The summed E-state index contributed by atoms with van der Waals surface area (Å²) >= 11 is 0. The van der Waals surface area contributed by atoms with Gasteiger partial charge in [-0.15, -0.1) is 0 Å². The summed E-state index contributed by atoms with van der Waals surface area (Å²) in [6.07, 6.45) is 13.6. The van der Waals surface area contributed by atoms with Crippen molar-refractivity contribution in [2.24, 2.45) is 0 Å². The molecule has 0 aliphatic rings. The van der Waals surface area contributed by atoms with Crippen LogP contribution in [-0.2, 0) is 9.47 Å². The lowest BCUT2D eigenvalue weighted by Gasteiger charge is -2.50. The molecule has 0 aromatic heterocycles. The molecule has 1 atom stereocenters. The van der Waals surface area contributed by atoms with Crippen LogP contribution in [0.15, 0.2) is 0 Å². The van der Waals surface area contributed by atoms with Crippen molar-refractivity contribution in [1.29, 1.82) is 0 Å². The summed E-state index contributed by atoms with van der Waals surface area (Å²) in [5, 5.41) is 0. The Hall–Kier alpha value is -0.160. The lowest BCUT2D eigenvalue weighted by molar-refractivity contribution is -0.326. The molecule has 0 saturated heterocycles. The van der Waals surface area contributed by atoms with E-state index in [1.54, 1.807) is 0 Å². The third-order valence-corrected chi connectivity index (χ3v) is 5.73. The molecule has 0 fully saturated rings. The molecule has 0 saturated carbocycles. The predicted octanol–water partition coefficient (Wildman–Crippen LogP) is 6.30. The van der Waals surface area contributed by atoms with Crippen LogP contribution in [0.2, 0.25) is 0 Å². The monoisotopic (exact) mass is 400 g/mol. The van der Waals surface area contributed by atoms with E-state index in [0.717, 1.165) is 58.3 Å². The molecule has 0 aliphatic carbocycles. The second-order valence-corrected chi connectivity index (χ2v) is 8.13. The molecular weight excluding hydrogens is 348 g/mol. The van der Waals surface area contributed by atoms with Gasteiger partial charge in [0.05, 0.1) is 6.04 Å². The van der Waals surface area contributed by atoms with Crippen molar-refractivity contribution in [2.45, 2.75) is 117 Å². The molecule has 0 aromatic rings. The Morgan fingerprint density at radius 1 is 0.607 bits per heavy atom. The van der Waals surface area contributed by atoms with Crippen LogP contribution >= 0.6 is 0 Å². The van der Waals surface area contributed by atoms with Crippen molar-refractivity contribution in [3.05, 3.63) is 0 Å². The number of methoxy groups -OCH3 is 2. The Balaban J connectivity index is 5.55. The standard InChI is InChI=1S/C24H52N2O2/c1-8-13-14-15-16-17-18-23(25(19-9-2)20-10-3)24(27-6,28-7)26(21-11-4)22-12-5/h23H,8-22H2,1-7H3. The van der Waals surface area contributed by atoms with Gasteiger partial charge in [-0.3, -0.25) is 9.80 Å². The van der Waals surface area contributed by atoms with Gasteiger partial charge >= 0.3 is 0 Å². The Kier molecular flexibility index (Phi) is 17.6. The lowest BCUT2D eigenvalue weighted by atomic mass is 9.99. The van der Waals surface area contributed by atoms with Crippen molar-refractivity contribution in [1.82, 2.24) is 9.80 Å². The molecule has 0 spiro atoms. The molecule has 0 radical (unpaired) electrons. The van der Waals surface area contributed by atoms with E-state index in [4.69, 9.17) is 9.47 Å². The van der Waals surface area contributed by atoms with Crippen molar-refractivity contribution in [3.8, 4) is 0 Å². The molecule has 0 heterocycles. The van der Waals surface area contributed by atoms with Crippen molar-refractivity contribution in [2.75, 3.05) is 40.4 Å². The maximum atomic E-state index is 6.25. The van der Waals surface area contributed by atoms with Gasteiger partial charge < -0.3 is 9.47 Å². The van der Waals surface area contributed by atoms with E-state index in [9.17, 15) is 0 Å². The number of hydrogen-bond donors (Lipinski definition) is 0. The van der Waals surface area contributed by atoms with Crippen molar-refractivity contribution < 1.29 is 9.47 Å². The maximum Gasteiger partial charge on any atom is 0.245 e. The van der Waals surface area contributed by atoms with E-state index in [1.165, 1.54) is 38.5 Å². The highest BCUT2D eigenvalue weighted by Crippen LogP contribution is 2.31. The lowest BCUT2D eigenvalue weighted by Crippen LogP contribution is -2.65. The molecule has 170 valence electrons. The average molecular weight is 401 g/mol. The van der Waals surface area contributed by atoms with E-state index in [0.29, 0.717) is 0 Å². The van der Waals surface area contributed by atoms with Crippen LogP contribution in [0.25, 0.3) is 0 Å².